The predicted octanol–water partition coefficient (Wildman–Crippen LogP) is 5.42. The maximum Gasteiger partial charge on any atom is 0.258 e. The average molecular weight is 506 g/mol. The largest absolute Gasteiger partial charge is 0.354 e. The highest BCUT2D eigenvalue weighted by Crippen LogP contribution is 2.37. The first-order chi connectivity index (χ1) is 17.3. The summed E-state index contributed by atoms with van der Waals surface area (Å²) < 4.78 is 0. The lowest BCUT2D eigenvalue weighted by Gasteiger charge is -2.29. The Morgan fingerprint density at radius 3 is 2.39 bits per heavy atom. The molecule has 0 saturated heterocycles. The summed E-state index contributed by atoms with van der Waals surface area (Å²) in [7, 11) is 0. The number of benzene rings is 3. The molecule has 0 fully saturated rings. The van der Waals surface area contributed by atoms with E-state index in [0.29, 0.717) is 42.6 Å². The van der Waals surface area contributed by atoms with E-state index in [1.807, 2.05) is 62.4 Å². The molecule has 0 saturated carbocycles. The Bertz CT molecular complexity index is 1270. The monoisotopic (exact) mass is 505 g/mol. The summed E-state index contributed by atoms with van der Waals surface area (Å²) >= 11 is 6.02. The van der Waals surface area contributed by atoms with Crippen LogP contribution in [0.15, 0.2) is 60.7 Å². The number of nitrogens with zero attached hydrogens (tertiary/aromatic N) is 2. The van der Waals surface area contributed by atoms with Gasteiger partial charge in [0.25, 0.3) is 5.91 Å². The smallest absolute Gasteiger partial charge is 0.258 e. The molecule has 1 aliphatic heterocycles. The molecular weight excluding hydrogens is 474 g/mol. The van der Waals surface area contributed by atoms with E-state index < -0.39 is 6.04 Å². The van der Waals surface area contributed by atoms with Gasteiger partial charge in [-0.15, -0.1) is 0 Å². The van der Waals surface area contributed by atoms with Gasteiger partial charge in [-0.2, -0.15) is 0 Å². The molecule has 0 aliphatic carbocycles. The van der Waals surface area contributed by atoms with Gasteiger partial charge in [0.1, 0.15) is 6.04 Å². The van der Waals surface area contributed by atoms with Gasteiger partial charge in [-0.05, 0) is 54.5 Å². The summed E-state index contributed by atoms with van der Waals surface area (Å²) in [6.45, 7) is 7.10. The lowest BCUT2D eigenvalue weighted by atomic mass is 10.1. The first-order valence-electron chi connectivity index (χ1n) is 12.4. The van der Waals surface area contributed by atoms with Crippen LogP contribution in [-0.4, -0.2) is 41.8 Å². The summed E-state index contributed by atoms with van der Waals surface area (Å²) in [4.78, 5) is 42.6. The molecule has 0 bridgehead atoms. The number of anilines is 1. The summed E-state index contributed by atoms with van der Waals surface area (Å²) in [6, 6.07) is 18.3. The van der Waals surface area contributed by atoms with E-state index in [-0.39, 0.29) is 24.1 Å². The maximum absolute atomic E-state index is 13.4. The first-order valence-corrected chi connectivity index (χ1v) is 12.8. The zero-order valence-electron chi connectivity index (χ0n) is 21.0. The predicted molar refractivity (Wildman–Crippen MR) is 144 cm³/mol. The number of hydrogen-bond acceptors (Lipinski definition) is 3. The number of hydrogen-bond donors (Lipinski definition) is 1. The molecule has 3 aromatic rings. The van der Waals surface area contributed by atoms with Gasteiger partial charge in [0.2, 0.25) is 11.8 Å². The van der Waals surface area contributed by atoms with Crippen LogP contribution in [-0.2, 0) is 16.1 Å². The fourth-order valence-corrected chi connectivity index (χ4v) is 4.68. The molecule has 0 aromatic heterocycles. The van der Waals surface area contributed by atoms with Crippen molar-refractivity contribution in [3.8, 4) is 0 Å². The van der Waals surface area contributed by atoms with Crippen LogP contribution < -0.4 is 10.2 Å². The van der Waals surface area contributed by atoms with E-state index in [0.717, 1.165) is 22.0 Å². The SMILES string of the molecule is CC(C)CNC(=O)C(C)N(Cc1ccc(Cl)cc1)C(=O)CCCN1C(=O)c2cccc3cccc1c23. The number of halogens is 1. The molecule has 188 valence electrons. The molecular formula is C29H32ClN3O3. The minimum absolute atomic E-state index is 0.0336. The molecule has 36 heavy (non-hydrogen) atoms. The number of carbonyl (C=O) groups is 3. The molecule has 3 aromatic carbocycles. The van der Waals surface area contributed by atoms with Crippen LogP contribution >= 0.6 is 11.6 Å². The maximum atomic E-state index is 13.4. The third kappa shape index (κ3) is 5.54. The quantitative estimate of drug-likeness (QED) is 0.400. The number of rotatable bonds is 10. The number of nitrogens with one attached hydrogen (secondary N) is 1. The van der Waals surface area contributed by atoms with E-state index in [9.17, 15) is 14.4 Å². The third-order valence-corrected chi connectivity index (χ3v) is 6.79. The van der Waals surface area contributed by atoms with Gasteiger partial charge in [0, 0.05) is 42.0 Å². The molecule has 1 aliphatic rings. The van der Waals surface area contributed by atoms with Gasteiger partial charge in [-0.1, -0.05) is 61.8 Å². The van der Waals surface area contributed by atoms with Crippen LogP contribution in [0.1, 0.15) is 49.5 Å². The summed E-state index contributed by atoms with van der Waals surface area (Å²) in [6.07, 6.45) is 0.720. The van der Waals surface area contributed by atoms with Crippen molar-refractivity contribution in [3.05, 3.63) is 76.8 Å². The Morgan fingerprint density at radius 2 is 1.69 bits per heavy atom. The van der Waals surface area contributed by atoms with Crippen molar-refractivity contribution in [3.63, 3.8) is 0 Å². The summed E-state index contributed by atoms with van der Waals surface area (Å²) in [5.74, 6) is -0.0239. The van der Waals surface area contributed by atoms with Gasteiger partial charge in [0.15, 0.2) is 0 Å². The number of carbonyl (C=O) groups excluding carboxylic acids is 3. The Balaban J connectivity index is 1.45. The zero-order valence-corrected chi connectivity index (χ0v) is 21.7. The van der Waals surface area contributed by atoms with Crippen molar-refractivity contribution in [2.45, 2.75) is 46.2 Å². The van der Waals surface area contributed by atoms with Crippen molar-refractivity contribution < 1.29 is 14.4 Å². The molecule has 1 atom stereocenters. The zero-order chi connectivity index (χ0) is 25.8. The lowest BCUT2D eigenvalue weighted by Crippen LogP contribution is -2.48. The average Bonchev–Trinajstić information content (AvgIpc) is 3.14. The van der Waals surface area contributed by atoms with Crippen molar-refractivity contribution in [2.24, 2.45) is 5.92 Å². The van der Waals surface area contributed by atoms with Crippen molar-refractivity contribution in [1.82, 2.24) is 10.2 Å². The van der Waals surface area contributed by atoms with Crippen LogP contribution in [0.4, 0.5) is 5.69 Å². The van der Waals surface area contributed by atoms with E-state index in [1.54, 1.807) is 28.9 Å². The topological polar surface area (TPSA) is 69.7 Å². The first kappa shape index (κ1) is 25.7. The molecule has 3 amide bonds. The summed E-state index contributed by atoms with van der Waals surface area (Å²) in [5, 5.41) is 5.55. The highest BCUT2D eigenvalue weighted by molar-refractivity contribution is 6.30. The molecule has 0 spiro atoms. The summed E-state index contributed by atoms with van der Waals surface area (Å²) in [5.41, 5.74) is 2.49. The van der Waals surface area contributed by atoms with Gasteiger partial charge in [-0.25, -0.2) is 0 Å². The Hall–Kier alpha value is -3.38. The van der Waals surface area contributed by atoms with Crippen LogP contribution in [0, 0.1) is 5.92 Å². The van der Waals surface area contributed by atoms with Gasteiger partial charge in [0.05, 0.1) is 5.69 Å². The molecule has 1 heterocycles. The standard InChI is InChI=1S/C29H32ClN3O3/c1-19(2)17-31-28(35)20(3)33(18-21-12-14-23(30)15-13-21)26(34)11-6-16-32-25-10-5-8-22-7-4-9-24(27(22)25)29(32)36/h4-5,7-10,12-15,19-20H,6,11,16-18H2,1-3H3,(H,31,35). The van der Waals surface area contributed by atoms with E-state index in [2.05, 4.69) is 5.32 Å². The number of amides is 3. The second-order valence-electron chi connectivity index (χ2n) is 9.70. The molecule has 1 unspecified atom stereocenters. The highest BCUT2D eigenvalue weighted by atomic mass is 35.5. The Kier molecular flexibility index (Phi) is 7.94. The van der Waals surface area contributed by atoms with E-state index in [4.69, 9.17) is 11.6 Å². The normalized spacial score (nSPS) is 13.4. The van der Waals surface area contributed by atoms with E-state index >= 15 is 0 Å². The van der Waals surface area contributed by atoms with Crippen LogP contribution in [0.2, 0.25) is 5.02 Å². The van der Waals surface area contributed by atoms with Crippen molar-refractivity contribution in [1.29, 1.82) is 0 Å². The van der Waals surface area contributed by atoms with Crippen LogP contribution in [0.25, 0.3) is 10.8 Å². The minimum atomic E-state index is -0.627. The Labute approximate surface area is 217 Å². The minimum Gasteiger partial charge on any atom is -0.354 e. The highest BCUT2D eigenvalue weighted by Gasteiger charge is 2.30. The second kappa shape index (κ2) is 11.1. The molecule has 6 nitrogen and oxygen atoms in total. The van der Waals surface area contributed by atoms with Crippen LogP contribution in [0.3, 0.4) is 0 Å². The fourth-order valence-electron chi connectivity index (χ4n) is 4.55. The Morgan fingerprint density at radius 1 is 1.00 bits per heavy atom. The lowest BCUT2D eigenvalue weighted by molar-refractivity contribution is -0.140. The van der Waals surface area contributed by atoms with Gasteiger partial charge < -0.3 is 15.1 Å². The molecule has 0 radical (unpaired) electrons. The molecule has 1 N–H and O–H groups in total. The molecule has 4 rings (SSSR count). The van der Waals surface area contributed by atoms with Crippen molar-refractivity contribution in [2.75, 3.05) is 18.0 Å². The van der Waals surface area contributed by atoms with Gasteiger partial charge in [-0.3, -0.25) is 14.4 Å². The second-order valence-corrected chi connectivity index (χ2v) is 10.1. The van der Waals surface area contributed by atoms with Gasteiger partial charge >= 0.3 is 0 Å². The fraction of sp³-hybridized carbons (Fsp3) is 0.345. The van der Waals surface area contributed by atoms with E-state index in [1.165, 1.54) is 0 Å². The van der Waals surface area contributed by atoms with Crippen LogP contribution in [0.5, 0.6) is 0 Å². The van der Waals surface area contributed by atoms with Crippen molar-refractivity contribution >= 4 is 45.8 Å². The molecule has 7 heteroatoms. The third-order valence-electron chi connectivity index (χ3n) is 6.54.